The van der Waals surface area contributed by atoms with Crippen LogP contribution in [0.3, 0.4) is 0 Å². The van der Waals surface area contributed by atoms with Crippen molar-refractivity contribution >= 4 is 38.0 Å². The van der Waals surface area contributed by atoms with Crippen LogP contribution in [0, 0.1) is 11.3 Å². The molecule has 7 heteroatoms. The molecule has 0 atom stereocenters. The smallest absolute Gasteiger partial charge is 0.271 e. The van der Waals surface area contributed by atoms with Gasteiger partial charge in [-0.1, -0.05) is 6.07 Å². The van der Waals surface area contributed by atoms with E-state index in [0.29, 0.717) is 10.6 Å². The molecule has 0 unspecified atom stereocenters. The zero-order valence-corrected chi connectivity index (χ0v) is 12.3. The molecule has 0 saturated carbocycles. The second-order valence-electron chi connectivity index (χ2n) is 4.25. The Labute approximate surface area is 125 Å². The van der Waals surface area contributed by atoms with Crippen LogP contribution in [0.5, 0.6) is 0 Å². The van der Waals surface area contributed by atoms with E-state index < -0.39 is 10.0 Å². The average molecular weight is 315 g/mol. The first-order valence-corrected chi connectivity index (χ1v) is 8.26. The number of sulfonamides is 1. The summed E-state index contributed by atoms with van der Waals surface area (Å²) in [5.41, 5.74) is 1.26. The molecular weight excluding hydrogens is 306 g/mol. The quantitative estimate of drug-likeness (QED) is 0.805. The highest BCUT2D eigenvalue weighted by Crippen LogP contribution is 2.25. The zero-order chi connectivity index (χ0) is 14.9. The van der Waals surface area contributed by atoms with Gasteiger partial charge >= 0.3 is 0 Å². The van der Waals surface area contributed by atoms with Crippen LogP contribution in [0.25, 0.3) is 10.9 Å². The number of nitriles is 1. The number of aromatic nitrogens is 1. The predicted octanol–water partition coefficient (Wildman–Crippen LogP) is 2.97. The summed E-state index contributed by atoms with van der Waals surface area (Å²) in [4.78, 5) is 4.54. The van der Waals surface area contributed by atoms with Gasteiger partial charge in [-0.3, -0.25) is 9.71 Å². The number of nitrogens with one attached hydrogen (secondary N) is 1. The lowest BCUT2D eigenvalue weighted by Crippen LogP contribution is -2.11. The maximum atomic E-state index is 12.2. The van der Waals surface area contributed by atoms with Crippen LogP contribution in [0.1, 0.15) is 4.88 Å². The van der Waals surface area contributed by atoms with E-state index in [1.165, 1.54) is 12.1 Å². The van der Waals surface area contributed by atoms with Gasteiger partial charge in [-0.15, -0.1) is 11.3 Å². The highest BCUT2D eigenvalue weighted by molar-refractivity contribution is 7.94. The molecule has 1 aromatic carbocycles. The first-order chi connectivity index (χ1) is 10.1. The Kier molecular flexibility index (Phi) is 3.33. The third kappa shape index (κ3) is 2.72. The van der Waals surface area contributed by atoms with E-state index >= 15 is 0 Å². The summed E-state index contributed by atoms with van der Waals surface area (Å²) in [6, 6.07) is 13.6. The highest BCUT2D eigenvalue weighted by Gasteiger charge is 2.17. The van der Waals surface area contributed by atoms with Crippen molar-refractivity contribution in [2.75, 3.05) is 4.72 Å². The summed E-state index contributed by atoms with van der Waals surface area (Å²) in [6.45, 7) is 0. The van der Waals surface area contributed by atoms with Gasteiger partial charge in [-0.05, 0) is 36.4 Å². The van der Waals surface area contributed by atoms with Crippen molar-refractivity contribution in [1.82, 2.24) is 4.98 Å². The predicted molar refractivity (Wildman–Crippen MR) is 81.6 cm³/mol. The fraction of sp³-hybridized carbons (Fsp3) is 0. The minimum atomic E-state index is -3.67. The fourth-order valence-electron chi connectivity index (χ4n) is 1.87. The third-order valence-corrected chi connectivity index (χ3v) is 5.67. The molecule has 0 bridgehead atoms. The van der Waals surface area contributed by atoms with Crippen molar-refractivity contribution in [3.05, 3.63) is 53.5 Å². The van der Waals surface area contributed by atoms with E-state index in [-0.39, 0.29) is 4.21 Å². The van der Waals surface area contributed by atoms with Crippen molar-refractivity contribution in [3.8, 4) is 6.07 Å². The Balaban J connectivity index is 1.95. The van der Waals surface area contributed by atoms with Gasteiger partial charge in [-0.25, -0.2) is 8.42 Å². The molecule has 0 amide bonds. The van der Waals surface area contributed by atoms with E-state index in [9.17, 15) is 8.42 Å². The molecule has 0 aliphatic rings. The number of fused-ring (bicyclic) bond motifs is 1. The van der Waals surface area contributed by atoms with Crippen LogP contribution in [0.4, 0.5) is 5.69 Å². The molecule has 0 spiro atoms. The van der Waals surface area contributed by atoms with E-state index in [2.05, 4.69) is 9.71 Å². The van der Waals surface area contributed by atoms with Crippen molar-refractivity contribution in [2.45, 2.75) is 4.21 Å². The van der Waals surface area contributed by atoms with E-state index in [4.69, 9.17) is 5.26 Å². The second-order valence-corrected chi connectivity index (χ2v) is 7.24. The molecule has 2 aromatic heterocycles. The van der Waals surface area contributed by atoms with Gasteiger partial charge in [0, 0.05) is 17.3 Å². The molecule has 0 aliphatic carbocycles. The minimum Gasteiger partial charge on any atom is -0.279 e. The standard InChI is InChI=1S/C14H9N3O2S2/c15-9-12-4-6-14(20-12)21(18,19)17-11-3-5-13-10(8-11)2-1-7-16-13/h1-8,17H. The molecule has 104 valence electrons. The van der Waals surface area contributed by atoms with Crippen LogP contribution in [0.2, 0.25) is 0 Å². The first-order valence-electron chi connectivity index (χ1n) is 5.96. The average Bonchev–Trinajstić information content (AvgIpc) is 2.96. The first kappa shape index (κ1) is 13.5. The summed E-state index contributed by atoms with van der Waals surface area (Å²) in [5.74, 6) is 0. The maximum absolute atomic E-state index is 12.2. The van der Waals surface area contributed by atoms with Gasteiger partial charge in [0.15, 0.2) is 0 Å². The Morgan fingerprint density at radius 3 is 2.81 bits per heavy atom. The van der Waals surface area contributed by atoms with Crippen molar-refractivity contribution in [1.29, 1.82) is 5.26 Å². The number of nitrogens with zero attached hydrogens (tertiary/aromatic N) is 2. The Bertz CT molecular complexity index is 956. The summed E-state index contributed by atoms with van der Waals surface area (Å²) in [7, 11) is -3.67. The number of benzene rings is 1. The zero-order valence-electron chi connectivity index (χ0n) is 10.6. The molecule has 1 N–H and O–H groups in total. The molecule has 3 aromatic rings. The van der Waals surface area contributed by atoms with Crippen LogP contribution in [-0.4, -0.2) is 13.4 Å². The van der Waals surface area contributed by atoms with Gasteiger partial charge in [-0.2, -0.15) is 5.26 Å². The van der Waals surface area contributed by atoms with Gasteiger partial charge in [0.05, 0.1) is 5.52 Å². The van der Waals surface area contributed by atoms with Crippen LogP contribution in [-0.2, 0) is 10.0 Å². The number of rotatable bonds is 3. The molecule has 0 aliphatic heterocycles. The van der Waals surface area contributed by atoms with Crippen LogP contribution >= 0.6 is 11.3 Å². The topological polar surface area (TPSA) is 82.8 Å². The van der Waals surface area contributed by atoms with Gasteiger partial charge in [0.1, 0.15) is 15.2 Å². The summed E-state index contributed by atoms with van der Waals surface area (Å²) < 4.78 is 27.1. The lowest BCUT2D eigenvalue weighted by atomic mass is 10.2. The molecular formula is C14H9N3O2S2. The summed E-state index contributed by atoms with van der Waals surface area (Å²) >= 11 is 0.939. The number of hydrogen-bond acceptors (Lipinski definition) is 5. The highest BCUT2D eigenvalue weighted by atomic mass is 32.2. The van der Waals surface area contributed by atoms with Gasteiger partial charge in [0.25, 0.3) is 10.0 Å². The molecule has 0 saturated heterocycles. The Morgan fingerprint density at radius 2 is 2.05 bits per heavy atom. The normalized spacial score (nSPS) is 11.2. The number of anilines is 1. The Morgan fingerprint density at radius 1 is 1.19 bits per heavy atom. The third-order valence-electron chi connectivity index (χ3n) is 2.81. The summed E-state index contributed by atoms with van der Waals surface area (Å²) in [6.07, 6.45) is 1.68. The fourth-order valence-corrected chi connectivity index (χ4v) is 4.02. The molecule has 0 radical (unpaired) electrons. The lowest BCUT2D eigenvalue weighted by Gasteiger charge is -2.07. The Hall–Kier alpha value is -2.43. The van der Waals surface area contributed by atoms with Crippen LogP contribution in [0.15, 0.2) is 52.9 Å². The molecule has 5 nitrogen and oxygen atoms in total. The molecule has 3 rings (SSSR count). The second kappa shape index (κ2) is 5.16. The van der Waals surface area contributed by atoms with Crippen LogP contribution < -0.4 is 4.72 Å². The monoisotopic (exact) mass is 315 g/mol. The lowest BCUT2D eigenvalue weighted by molar-refractivity contribution is 0.603. The minimum absolute atomic E-state index is 0.116. The van der Waals surface area contributed by atoms with Gasteiger partial charge < -0.3 is 0 Å². The van der Waals surface area contributed by atoms with Gasteiger partial charge in [0.2, 0.25) is 0 Å². The molecule has 21 heavy (non-hydrogen) atoms. The maximum Gasteiger partial charge on any atom is 0.271 e. The largest absolute Gasteiger partial charge is 0.279 e. The molecule has 2 heterocycles. The van der Waals surface area contributed by atoms with Crippen molar-refractivity contribution in [2.24, 2.45) is 0 Å². The van der Waals surface area contributed by atoms with E-state index in [1.807, 2.05) is 12.1 Å². The van der Waals surface area contributed by atoms with E-state index in [0.717, 1.165) is 22.2 Å². The number of hydrogen-bond donors (Lipinski definition) is 1. The summed E-state index contributed by atoms with van der Waals surface area (Å²) in [5, 5.41) is 9.61. The SMILES string of the molecule is N#Cc1ccc(S(=O)(=O)Nc2ccc3ncccc3c2)s1. The molecule has 0 fully saturated rings. The number of pyridine rings is 1. The van der Waals surface area contributed by atoms with Crippen molar-refractivity contribution < 1.29 is 8.42 Å². The van der Waals surface area contributed by atoms with Crippen molar-refractivity contribution in [3.63, 3.8) is 0 Å². The van der Waals surface area contributed by atoms with E-state index in [1.54, 1.807) is 30.5 Å². The number of thiophene rings is 1.